The molecule has 10 heteroatoms. The van der Waals surface area contributed by atoms with Gasteiger partial charge < -0.3 is 39.0 Å². The molecule has 8 rings (SSSR count). The van der Waals surface area contributed by atoms with E-state index in [1.54, 1.807) is 40.6 Å². The third-order valence-electron chi connectivity index (χ3n) is 12.9. The van der Waals surface area contributed by atoms with Crippen molar-refractivity contribution >= 4 is 11.6 Å². The average molecular weight is 657 g/mol. The number of hydrogen-bond acceptors (Lipinski definition) is 10. The maximum Gasteiger partial charge on any atom is 0.197 e. The van der Waals surface area contributed by atoms with Crippen LogP contribution in [0, 0.1) is 11.8 Å². The van der Waals surface area contributed by atoms with E-state index >= 15 is 0 Å². The minimum absolute atomic E-state index is 0.0261. The summed E-state index contributed by atoms with van der Waals surface area (Å²) in [7, 11) is 10.5. The molecule has 4 aliphatic carbocycles. The molecule has 48 heavy (non-hydrogen) atoms. The van der Waals surface area contributed by atoms with Gasteiger partial charge in [0, 0.05) is 82.0 Å². The van der Waals surface area contributed by atoms with Gasteiger partial charge in [-0.05, 0) is 76.1 Å². The third-order valence-corrected chi connectivity index (χ3v) is 12.9. The largest absolute Gasteiger partial charge is 0.507 e. The Morgan fingerprint density at radius 3 is 1.42 bits per heavy atom. The highest BCUT2D eigenvalue weighted by molar-refractivity contribution is 5.98. The molecule has 2 aliphatic heterocycles. The minimum atomic E-state index is -0.614. The van der Waals surface area contributed by atoms with Crippen molar-refractivity contribution in [1.82, 2.24) is 9.80 Å². The van der Waals surface area contributed by atoms with Crippen LogP contribution in [0.4, 0.5) is 0 Å². The minimum Gasteiger partial charge on any atom is -0.507 e. The molecule has 0 radical (unpaired) electrons. The van der Waals surface area contributed by atoms with Gasteiger partial charge in [-0.1, -0.05) is 0 Å². The van der Waals surface area contributed by atoms with Gasteiger partial charge in [-0.2, -0.15) is 0 Å². The number of ketones is 2. The Morgan fingerprint density at radius 2 is 1.06 bits per heavy atom. The number of hydrogen-bond donors (Lipinski definition) is 2. The first kappa shape index (κ1) is 31.3. The van der Waals surface area contributed by atoms with Crippen LogP contribution in [0.15, 0.2) is 35.8 Å². The molecule has 0 spiro atoms. The number of likely N-dealkylation sites (N-methyl/N-ethyl adjacent to an activating group) is 2. The molecule has 2 saturated heterocycles. The van der Waals surface area contributed by atoms with E-state index in [0.717, 1.165) is 46.5 Å². The number of carbonyl (C=O) groups excluding carboxylic acids is 2. The monoisotopic (exact) mass is 656 g/mol. The summed E-state index contributed by atoms with van der Waals surface area (Å²) in [4.78, 5) is 31.8. The smallest absolute Gasteiger partial charge is 0.197 e. The van der Waals surface area contributed by atoms with Crippen molar-refractivity contribution in [3.8, 4) is 34.1 Å². The second-order valence-corrected chi connectivity index (χ2v) is 14.7. The Morgan fingerprint density at radius 1 is 0.667 bits per heavy atom. The highest BCUT2D eigenvalue weighted by Crippen LogP contribution is 2.63. The number of piperidine rings is 2. The van der Waals surface area contributed by atoms with E-state index in [1.165, 1.54) is 0 Å². The van der Waals surface area contributed by atoms with Crippen LogP contribution in [-0.2, 0) is 42.7 Å². The summed E-state index contributed by atoms with van der Waals surface area (Å²) in [5.41, 5.74) is 3.86. The Balaban J connectivity index is 1.44. The number of likely N-dealkylation sites (tertiary alicyclic amines) is 2. The molecule has 4 bridgehead atoms. The van der Waals surface area contributed by atoms with E-state index in [1.807, 2.05) is 12.2 Å². The van der Waals surface area contributed by atoms with Gasteiger partial charge in [0.05, 0.1) is 28.4 Å². The number of methoxy groups -OCH3 is 4. The number of phenolic OH excluding ortho intramolecular Hbond substituents is 2. The van der Waals surface area contributed by atoms with E-state index in [0.29, 0.717) is 48.7 Å². The normalized spacial score (nSPS) is 32.2. The number of aromatic hydroxyl groups is 2. The number of nitrogens with zero attached hydrogens (tertiary/aromatic N) is 2. The summed E-state index contributed by atoms with van der Waals surface area (Å²) < 4.78 is 23.3. The first-order valence-corrected chi connectivity index (χ1v) is 16.9. The second-order valence-electron chi connectivity index (χ2n) is 14.7. The molecule has 254 valence electrons. The molecule has 0 aromatic heterocycles. The van der Waals surface area contributed by atoms with Crippen LogP contribution in [0.2, 0.25) is 0 Å². The van der Waals surface area contributed by atoms with Crippen molar-refractivity contribution in [2.75, 3.05) is 55.6 Å². The topological polar surface area (TPSA) is 118 Å². The van der Waals surface area contributed by atoms with E-state index in [2.05, 4.69) is 23.9 Å². The van der Waals surface area contributed by atoms with Crippen LogP contribution in [0.5, 0.6) is 23.0 Å². The Kier molecular flexibility index (Phi) is 6.99. The molecular formula is C38H44N2O8. The van der Waals surface area contributed by atoms with Crippen molar-refractivity contribution in [1.29, 1.82) is 0 Å². The number of fused-ring (bicyclic) bond motifs is 2. The number of benzene rings is 2. The van der Waals surface area contributed by atoms with Crippen molar-refractivity contribution < 1.29 is 38.7 Å². The van der Waals surface area contributed by atoms with Crippen LogP contribution in [0.1, 0.15) is 47.9 Å². The predicted octanol–water partition coefficient (Wildman–Crippen LogP) is 4.02. The van der Waals surface area contributed by atoms with Gasteiger partial charge in [0.1, 0.15) is 23.0 Å². The zero-order valence-electron chi connectivity index (χ0n) is 28.5. The van der Waals surface area contributed by atoms with E-state index in [9.17, 15) is 19.8 Å². The highest BCUT2D eigenvalue weighted by Gasteiger charge is 2.59. The Bertz CT molecular complexity index is 1700. The van der Waals surface area contributed by atoms with Gasteiger partial charge in [-0.15, -0.1) is 0 Å². The van der Waals surface area contributed by atoms with Crippen molar-refractivity contribution in [3.05, 3.63) is 58.1 Å². The molecule has 2 fully saturated rings. The third kappa shape index (κ3) is 3.93. The molecule has 2 N–H and O–H groups in total. The van der Waals surface area contributed by atoms with Gasteiger partial charge in [-0.25, -0.2) is 0 Å². The lowest BCUT2D eigenvalue weighted by Gasteiger charge is -2.57. The number of allylic oxidation sites excluding steroid dienone is 2. The summed E-state index contributed by atoms with van der Waals surface area (Å²) in [5.74, 6) is 1.85. The predicted molar refractivity (Wildman–Crippen MR) is 178 cm³/mol. The van der Waals surface area contributed by atoms with E-state index in [-0.39, 0.29) is 59.8 Å². The standard InChI is InChI=1S/C38H44N2O8/c1-39-9-7-37-17-27(43)29(45-3)13-21(37)23(39)11-19-33(31(47-5)15-25(41)35(19)37)34-20-12-24-22-14-30(46-4)28(44)18-38(22,8-10-40(24)2)36(20)26(42)16-32(34)48-6/h13-16,21-24,41-42H,7-12,17-18H2,1-6H3/t21-,22+,23-,24+,37-,38-/m1/s1. The van der Waals surface area contributed by atoms with Crippen LogP contribution in [0.3, 0.4) is 0 Å². The van der Waals surface area contributed by atoms with Crippen molar-refractivity contribution in [2.24, 2.45) is 11.8 Å². The lowest BCUT2D eigenvalue weighted by Crippen LogP contribution is -2.60. The number of ether oxygens (including phenoxy) is 4. The number of phenols is 2. The summed E-state index contributed by atoms with van der Waals surface area (Å²) in [6.07, 6.45) is 7.07. The SMILES string of the molecule is COC1=C[C@@H]2[C@H]3Cc4c(-c5c(OC)cc(O)c6c5C[C@H]5[C@@H]7C=C(OC)C(=O)C[C@@]67CCN5C)c(OC)cc(O)c4[C@]2(CCN3C)CC1=O. The van der Waals surface area contributed by atoms with E-state index < -0.39 is 10.8 Å². The number of rotatable bonds is 5. The maximum atomic E-state index is 13.5. The Labute approximate surface area is 280 Å². The summed E-state index contributed by atoms with van der Waals surface area (Å²) >= 11 is 0. The van der Waals surface area contributed by atoms with Gasteiger partial charge in [0.25, 0.3) is 0 Å². The van der Waals surface area contributed by atoms with Crippen LogP contribution in [-0.4, -0.2) is 99.3 Å². The number of Topliss-reactive ketones (excluding diaryl/α,β-unsaturated/α-hetero) is 2. The van der Waals surface area contributed by atoms with Gasteiger partial charge in [0.15, 0.2) is 23.1 Å². The number of carbonyl (C=O) groups is 2. The fourth-order valence-electron chi connectivity index (χ4n) is 10.8. The van der Waals surface area contributed by atoms with Gasteiger partial charge in [0.2, 0.25) is 0 Å². The Hall–Kier alpha value is -4.02. The molecule has 0 unspecified atom stereocenters. The first-order chi connectivity index (χ1) is 23.0. The lowest BCUT2D eigenvalue weighted by atomic mass is 9.52. The van der Waals surface area contributed by atoms with Crippen LogP contribution >= 0.6 is 0 Å². The summed E-state index contributed by atoms with van der Waals surface area (Å²) in [6, 6.07) is 3.48. The van der Waals surface area contributed by atoms with Crippen molar-refractivity contribution in [2.45, 2.75) is 61.4 Å². The molecule has 0 amide bonds. The van der Waals surface area contributed by atoms with Gasteiger partial charge in [-0.3, -0.25) is 9.59 Å². The first-order valence-electron chi connectivity index (χ1n) is 16.9. The van der Waals surface area contributed by atoms with Crippen LogP contribution < -0.4 is 9.47 Å². The maximum absolute atomic E-state index is 13.5. The second kappa shape index (κ2) is 10.7. The van der Waals surface area contributed by atoms with Crippen LogP contribution in [0.25, 0.3) is 11.1 Å². The zero-order chi connectivity index (χ0) is 33.9. The molecule has 6 atom stereocenters. The van der Waals surface area contributed by atoms with Crippen molar-refractivity contribution in [3.63, 3.8) is 0 Å². The highest BCUT2D eigenvalue weighted by atomic mass is 16.5. The molecule has 0 saturated carbocycles. The molecule has 2 aromatic rings. The average Bonchev–Trinajstić information content (AvgIpc) is 3.06. The quantitative estimate of drug-likeness (QED) is 0.489. The fourth-order valence-corrected chi connectivity index (χ4v) is 10.8. The molecule has 2 heterocycles. The molecular weight excluding hydrogens is 612 g/mol. The lowest BCUT2D eigenvalue weighted by molar-refractivity contribution is -0.123. The van der Waals surface area contributed by atoms with Gasteiger partial charge >= 0.3 is 0 Å². The molecule has 10 nitrogen and oxygen atoms in total. The summed E-state index contributed by atoms with van der Waals surface area (Å²) in [5, 5.41) is 23.8. The molecule has 2 aromatic carbocycles. The summed E-state index contributed by atoms with van der Waals surface area (Å²) in [6.45, 7) is 1.59. The fraction of sp³-hybridized carbons (Fsp3) is 0.526. The molecule has 6 aliphatic rings. The zero-order valence-corrected chi connectivity index (χ0v) is 28.5. The van der Waals surface area contributed by atoms with E-state index in [4.69, 9.17) is 18.9 Å².